The van der Waals surface area contributed by atoms with Crippen molar-refractivity contribution < 1.29 is 4.74 Å². The maximum absolute atomic E-state index is 5.87. The van der Waals surface area contributed by atoms with Crippen LogP contribution in [0.5, 0.6) is 5.75 Å². The Bertz CT molecular complexity index is 720. The van der Waals surface area contributed by atoms with Crippen molar-refractivity contribution in [1.29, 1.82) is 0 Å². The Morgan fingerprint density at radius 3 is 2.60 bits per heavy atom. The van der Waals surface area contributed by atoms with Crippen LogP contribution < -0.4 is 10.5 Å². The van der Waals surface area contributed by atoms with Crippen molar-refractivity contribution in [2.24, 2.45) is 0 Å². The number of aromatic nitrogens is 2. The molecule has 0 aliphatic rings. The van der Waals surface area contributed by atoms with Gasteiger partial charge < -0.3 is 10.5 Å². The number of benzene rings is 2. The van der Waals surface area contributed by atoms with Crippen LogP contribution in [-0.4, -0.2) is 16.9 Å². The minimum absolute atomic E-state index is 0.649. The highest BCUT2D eigenvalue weighted by Gasteiger charge is 2.05. The van der Waals surface area contributed by atoms with E-state index in [1.807, 2.05) is 42.7 Å². The van der Waals surface area contributed by atoms with Crippen LogP contribution in [0.15, 0.2) is 60.9 Å². The third-order valence-corrected chi connectivity index (χ3v) is 3.10. The van der Waals surface area contributed by atoms with Gasteiger partial charge in [-0.15, -0.1) is 0 Å². The highest BCUT2D eigenvalue weighted by atomic mass is 16.5. The molecule has 0 bridgehead atoms. The van der Waals surface area contributed by atoms with Gasteiger partial charge in [-0.05, 0) is 11.6 Å². The largest absolute Gasteiger partial charge is 0.497 e. The van der Waals surface area contributed by atoms with Crippen molar-refractivity contribution in [2.75, 3.05) is 12.8 Å². The molecular weight excluding hydrogens is 250 g/mol. The van der Waals surface area contributed by atoms with E-state index in [0.29, 0.717) is 5.69 Å². The molecule has 0 aliphatic carbocycles. The number of methoxy groups -OCH3 is 1. The molecule has 100 valence electrons. The Morgan fingerprint density at radius 2 is 1.85 bits per heavy atom. The molecule has 0 radical (unpaired) electrons. The van der Waals surface area contributed by atoms with E-state index >= 15 is 0 Å². The zero-order valence-electron chi connectivity index (χ0n) is 11.2. The smallest absolute Gasteiger partial charge is 0.123 e. The molecule has 1 heterocycles. The molecule has 1 aromatic heterocycles. The Hall–Kier alpha value is -2.75. The number of nitrogens with zero attached hydrogens (tertiary/aromatic N) is 2. The predicted molar refractivity (Wildman–Crippen MR) is 80.0 cm³/mol. The monoisotopic (exact) mass is 265 g/mol. The average Bonchev–Trinajstić information content (AvgIpc) is 2.97. The molecular formula is C16H15N3O. The molecule has 0 fully saturated rings. The first-order chi connectivity index (χ1) is 9.76. The third kappa shape index (κ3) is 2.36. The third-order valence-electron chi connectivity index (χ3n) is 3.10. The quantitative estimate of drug-likeness (QED) is 0.740. The predicted octanol–water partition coefficient (Wildman–Crippen LogP) is 3.13. The molecule has 4 heteroatoms. The molecule has 0 aliphatic heterocycles. The molecule has 0 spiro atoms. The fourth-order valence-electron chi connectivity index (χ4n) is 2.10. The lowest BCUT2D eigenvalue weighted by atomic mass is 10.1. The SMILES string of the molecule is COc1cc(N)cc(-n2cc(-c3ccccc3)cn2)c1. The van der Waals surface area contributed by atoms with Gasteiger partial charge in [0.1, 0.15) is 5.75 Å². The van der Waals surface area contributed by atoms with E-state index in [2.05, 4.69) is 17.2 Å². The lowest BCUT2D eigenvalue weighted by Crippen LogP contribution is -1.97. The summed E-state index contributed by atoms with van der Waals surface area (Å²) in [6.07, 6.45) is 3.81. The van der Waals surface area contributed by atoms with Crippen LogP contribution in [0.3, 0.4) is 0 Å². The summed E-state index contributed by atoms with van der Waals surface area (Å²) >= 11 is 0. The van der Waals surface area contributed by atoms with Crippen LogP contribution in [0, 0.1) is 0 Å². The molecule has 20 heavy (non-hydrogen) atoms. The highest BCUT2D eigenvalue weighted by molar-refractivity contribution is 5.62. The lowest BCUT2D eigenvalue weighted by Gasteiger charge is -2.06. The number of ether oxygens (including phenoxy) is 1. The van der Waals surface area contributed by atoms with Gasteiger partial charge in [0.15, 0.2) is 0 Å². The second-order valence-corrected chi connectivity index (χ2v) is 4.50. The van der Waals surface area contributed by atoms with Crippen molar-refractivity contribution in [2.45, 2.75) is 0 Å². The molecule has 0 unspecified atom stereocenters. The minimum Gasteiger partial charge on any atom is -0.497 e. The lowest BCUT2D eigenvalue weighted by molar-refractivity contribution is 0.414. The second-order valence-electron chi connectivity index (χ2n) is 4.50. The highest BCUT2D eigenvalue weighted by Crippen LogP contribution is 2.24. The number of hydrogen-bond donors (Lipinski definition) is 1. The summed E-state index contributed by atoms with van der Waals surface area (Å²) in [6.45, 7) is 0. The van der Waals surface area contributed by atoms with Crippen LogP contribution in [0.25, 0.3) is 16.8 Å². The first kappa shape index (κ1) is 12.3. The summed E-state index contributed by atoms with van der Waals surface area (Å²) in [7, 11) is 1.62. The number of nitrogen functional groups attached to an aromatic ring is 1. The van der Waals surface area contributed by atoms with Crippen LogP contribution in [-0.2, 0) is 0 Å². The molecule has 3 rings (SSSR count). The summed E-state index contributed by atoms with van der Waals surface area (Å²) < 4.78 is 7.02. The molecule has 4 nitrogen and oxygen atoms in total. The van der Waals surface area contributed by atoms with Crippen LogP contribution in [0.1, 0.15) is 0 Å². The van der Waals surface area contributed by atoms with Crippen molar-refractivity contribution >= 4 is 5.69 Å². The molecule has 0 saturated carbocycles. The van der Waals surface area contributed by atoms with Gasteiger partial charge in [0.2, 0.25) is 0 Å². The van der Waals surface area contributed by atoms with Crippen molar-refractivity contribution in [3.05, 3.63) is 60.9 Å². The molecule has 0 atom stereocenters. The van der Waals surface area contributed by atoms with Gasteiger partial charge in [0, 0.05) is 29.6 Å². The van der Waals surface area contributed by atoms with E-state index in [4.69, 9.17) is 10.5 Å². The number of anilines is 1. The van der Waals surface area contributed by atoms with E-state index in [9.17, 15) is 0 Å². The second kappa shape index (κ2) is 5.09. The van der Waals surface area contributed by atoms with Crippen molar-refractivity contribution in [3.63, 3.8) is 0 Å². The summed E-state index contributed by atoms with van der Waals surface area (Å²) in [5, 5.41) is 4.38. The zero-order valence-corrected chi connectivity index (χ0v) is 11.2. The van der Waals surface area contributed by atoms with E-state index in [1.165, 1.54) is 0 Å². The van der Waals surface area contributed by atoms with E-state index in [0.717, 1.165) is 22.6 Å². The molecule has 2 aromatic carbocycles. The average molecular weight is 265 g/mol. The Labute approximate surface area is 117 Å². The van der Waals surface area contributed by atoms with Gasteiger partial charge in [-0.1, -0.05) is 30.3 Å². The van der Waals surface area contributed by atoms with Gasteiger partial charge >= 0.3 is 0 Å². The van der Waals surface area contributed by atoms with Crippen LogP contribution in [0.4, 0.5) is 5.69 Å². The van der Waals surface area contributed by atoms with Gasteiger partial charge in [-0.3, -0.25) is 0 Å². The van der Waals surface area contributed by atoms with Crippen LogP contribution in [0.2, 0.25) is 0 Å². The topological polar surface area (TPSA) is 53.1 Å². The molecule has 0 saturated heterocycles. The summed E-state index contributed by atoms with van der Waals surface area (Å²) in [6, 6.07) is 15.7. The maximum Gasteiger partial charge on any atom is 0.123 e. The van der Waals surface area contributed by atoms with E-state index in [-0.39, 0.29) is 0 Å². The maximum atomic E-state index is 5.87. The number of hydrogen-bond acceptors (Lipinski definition) is 3. The van der Waals surface area contributed by atoms with Gasteiger partial charge in [0.05, 0.1) is 19.0 Å². The van der Waals surface area contributed by atoms with E-state index in [1.54, 1.807) is 17.9 Å². The Balaban J connectivity index is 2.00. The van der Waals surface area contributed by atoms with E-state index < -0.39 is 0 Å². The van der Waals surface area contributed by atoms with Gasteiger partial charge in [0.25, 0.3) is 0 Å². The first-order valence-electron chi connectivity index (χ1n) is 6.31. The first-order valence-corrected chi connectivity index (χ1v) is 6.31. The van der Waals surface area contributed by atoms with Gasteiger partial charge in [-0.2, -0.15) is 5.10 Å². The molecule has 0 amide bonds. The number of rotatable bonds is 3. The van der Waals surface area contributed by atoms with Crippen molar-refractivity contribution in [3.8, 4) is 22.6 Å². The number of nitrogens with two attached hydrogens (primary N) is 1. The summed E-state index contributed by atoms with van der Waals surface area (Å²) in [4.78, 5) is 0. The van der Waals surface area contributed by atoms with Crippen LogP contribution >= 0.6 is 0 Å². The summed E-state index contributed by atoms with van der Waals surface area (Å²) in [5.74, 6) is 0.719. The zero-order chi connectivity index (χ0) is 13.9. The standard InChI is InChI=1S/C16H15N3O/c1-20-16-8-14(17)7-15(9-16)19-11-13(10-18-19)12-5-3-2-4-6-12/h2-11H,17H2,1H3. The fraction of sp³-hybridized carbons (Fsp3) is 0.0625. The Kier molecular flexibility index (Phi) is 3.13. The molecule has 2 N–H and O–H groups in total. The molecule has 3 aromatic rings. The minimum atomic E-state index is 0.649. The van der Waals surface area contributed by atoms with Crippen molar-refractivity contribution in [1.82, 2.24) is 9.78 Å². The summed E-state index contributed by atoms with van der Waals surface area (Å²) in [5.41, 5.74) is 9.59. The fourth-order valence-corrected chi connectivity index (χ4v) is 2.10. The van der Waals surface area contributed by atoms with Gasteiger partial charge in [-0.25, -0.2) is 4.68 Å². The Morgan fingerprint density at radius 1 is 1.05 bits per heavy atom. The normalized spacial score (nSPS) is 10.4.